The minimum atomic E-state index is -0.554. The molecule has 0 saturated carbocycles. The number of aliphatic hydroxyl groups is 1. The average molecular weight is 467 g/mol. The van der Waals surface area contributed by atoms with E-state index >= 15 is 0 Å². The number of aromatic nitrogens is 1. The van der Waals surface area contributed by atoms with Crippen molar-refractivity contribution >= 4 is 22.5 Å². The third-order valence-electron chi connectivity index (χ3n) is 6.33. The van der Waals surface area contributed by atoms with Gasteiger partial charge < -0.3 is 10.0 Å². The molecular weight excluding hydrogens is 428 g/mol. The minimum Gasteiger partial charge on any atom is -0.387 e. The fourth-order valence-electron chi connectivity index (χ4n) is 4.41. The molecule has 0 saturated heterocycles. The number of rotatable bonds is 14. The molecule has 0 bridgehead atoms. The van der Waals surface area contributed by atoms with Gasteiger partial charge in [-0.05, 0) is 55.8 Å². The predicted molar refractivity (Wildman–Crippen MR) is 142 cm³/mol. The number of aliphatic hydroxyl groups excluding tert-OH is 1. The second-order valence-electron chi connectivity index (χ2n) is 9.06. The Morgan fingerprint density at radius 2 is 1.48 bits per heavy atom. The molecule has 0 amide bonds. The topological polar surface area (TPSA) is 36.4 Å². The number of fused-ring (bicyclic) bond motifs is 1. The van der Waals surface area contributed by atoms with Crippen LogP contribution in [0.2, 0.25) is 5.02 Å². The van der Waals surface area contributed by atoms with Gasteiger partial charge in [-0.2, -0.15) is 0 Å². The lowest BCUT2D eigenvalue weighted by atomic mass is 9.99. The van der Waals surface area contributed by atoms with Gasteiger partial charge in [-0.3, -0.25) is 0 Å². The summed E-state index contributed by atoms with van der Waals surface area (Å²) in [6.45, 7) is 7.26. The van der Waals surface area contributed by atoms with Crippen molar-refractivity contribution in [2.24, 2.45) is 0 Å². The number of benzene rings is 2. The van der Waals surface area contributed by atoms with Crippen LogP contribution >= 0.6 is 11.6 Å². The maximum atomic E-state index is 11.4. The molecule has 0 spiro atoms. The number of halogens is 1. The van der Waals surface area contributed by atoms with E-state index in [0.717, 1.165) is 40.8 Å². The number of pyridine rings is 1. The van der Waals surface area contributed by atoms with Crippen LogP contribution in [0.15, 0.2) is 54.6 Å². The Hall–Kier alpha value is -1.94. The summed E-state index contributed by atoms with van der Waals surface area (Å²) in [5.74, 6) is 0. The van der Waals surface area contributed by atoms with Crippen LogP contribution in [0, 0.1) is 0 Å². The highest BCUT2D eigenvalue weighted by atomic mass is 35.5. The van der Waals surface area contributed by atoms with Crippen LogP contribution in [-0.4, -0.2) is 34.6 Å². The largest absolute Gasteiger partial charge is 0.387 e. The number of unbranched alkanes of at least 4 members (excludes halogenated alkanes) is 6. The summed E-state index contributed by atoms with van der Waals surface area (Å²) < 4.78 is 0. The third kappa shape index (κ3) is 7.81. The molecule has 0 aliphatic carbocycles. The Bertz CT molecular complexity index is 961. The molecule has 1 N–H and O–H groups in total. The molecule has 1 aromatic heterocycles. The Morgan fingerprint density at radius 1 is 0.848 bits per heavy atom. The molecule has 1 unspecified atom stereocenters. The summed E-state index contributed by atoms with van der Waals surface area (Å²) >= 11 is 6.09. The van der Waals surface area contributed by atoms with Crippen molar-refractivity contribution in [1.29, 1.82) is 0 Å². The monoisotopic (exact) mass is 466 g/mol. The van der Waals surface area contributed by atoms with Gasteiger partial charge in [0.1, 0.15) is 0 Å². The van der Waals surface area contributed by atoms with Crippen LogP contribution in [-0.2, 0) is 0 Å². The predicted octanol–water partition coefficient (Wildman–Crippen LogP) is 8.05. The smallest absolute Gasteiger partial charge is 0.0924 e. The van der Waals surface area contributed by atoms with Gasteiger partial charge in [0.05, 0.1) is 17.3 Å². The van der Waals surface area contributed by atoms with Crippen LogP contribution < -0.4 is 0 Å². The van der Waals surface area contributed by atoms with E-state index in [0.29, 0.717) is 11.6 Å². The molecule has 3 nitrogen and oxygen atoms in total. The molecule has 1 atom stereocenters. The van der Waals surface area contributed by atoms with E-state index < -0.39 is 6.10 Å². The van der Waals surface area contributed by atoms with Crippen molar-refractivity contribution in [2.75, 3.05) is 19.6 Å². The quantitative estimate of drug-likeness (QED) is 0.244. The molecule has 178 valence electrons. The van der Waals surface area contributed by atoms with Gasteiger partial charge >= 0.3 is 0 Å². The number of hydrogen-bond acceptors (Lipinski definition) is 3. The lowest BCUT2D eigenvalue weighted by Gasteiger charge is -2.26. The van der Waals surface area contributed by atoms with Crippen molar-refractivity contribution < 1.29 is 5.11 Å². The maximum Gasteiger partial charge on any atom is 0.0924 e. The molecule has 2 aromatic carbocycles. The fraction of sp³-hybridized carbons (Fsp3) is 0.483. The molecule has 4 heteroatoms. The highest BCUT2D eigenvalue weighted by molar-refractivity contribution is 6.30. The number of hydrogen-bond donors (Lipinski definition) is 1. The van der Waals surface area contributed by atoms with Gasteiger partial charge in [0.25, 0.3) is 0 Å². The van der Waals surface area contributed by atoms with Crippen molar-refractivity contribution in [3.63, 3.8) is 0 Å². The van der Waals surface area contributed by atoms with Gasteiger partial charge in [-0.1, -0.05) is 94.3 Å². The zero-order valence-corrected chi connectivity index (χ0v) is 21.0. The van der Waals surface area contributed by atoms with Crippen LogP contribution in [0.5, 0.6) is 0 Å². The van der Waals surface area contributed by atoms with Crippen LogP contribution in [0.3, 0.4) is 0 Å². The molecule has 33 heavy (non-hydrogen) atoms. The van der Waals surface area contributed by atoms with Crippen LogP contribution in [0.1, 0.15) is 76.9 Å². The van der Waals surface area contributed by atoms with Gasteiger partial charge in [-0.15, -0.1) is 0 Å². The number of nitrogens with zero attached hydrogens (tertiary/aromatic N) is 2. The van der Waals surface area contributed by atoms with E-state index in [2.05, 4.69) is 30.9 Å². The highest BCUT2D eigenvalue weighted by Gasteiger charge is 2.18. The average Bonchev–Trinajstić information content (AvgIpc) is 2.84. The van der Waals surface area contributed by atoms with Crippen LogP contribution in [0.4, 0.5) is 0 Å². The van der Waals surface area contributed by atoms with Gasteiger partial charge in [0.2, 0.25) is 0 Å². The zero-order valence-electron chi connectivity index (χ0n) is 20.3. The second-order valence-corrected chi connectivity index (χ2v) is 9.49. The molecule has 3 aromatic rings. The van der Waals surface area contributed by atoms with E-state index in [1.807, 2.05) is 42.5 Å². The van der Waals surface area contributed by atoms with Crippen molar-refractivity contribution in [3.8, 4) is 11.3 Å². The van der Waals surface area contributed by atoms with Crippen molar-refractivity contribution in [1.82, 2.24) is 9.88 Å². The summed E-state index contributed by atoms with van der Waals surface area (Å²) in [4.78, 5) is 7.34. The first-order valence-electron chi connectivity index (χ1n) is 12.7. The summed E-state index contributed by atoms with van der Waals surface area (Å²) in [6.07, 6.45) is 9.42. The summed E-state index contributed by atoms with van der Waals surface area (Å²) in [5, 5.41) is 13.2. The summed E-state index contributed by atoms with van der Waals surface area (Å²) in [6, 6.07) is 17.9. The molecule has 1 heterocycles. The van der Waals surface area contributed by atoms with Gasteiger partial charge in [-0.25, -0.2) is 4.98 Å². The van der Waals surface area contributed by atoms with Crippen LogP contribution in [0.25, 0.3) is 22.2 Å². The maximum absolute atomic E-state index is 11.4. The van der Waals surface area contributed by atoms with E-state index in [1.54, 1.807) is 0 Å². The zero-order chi connectivity index (χ0) is 23.5. The van der Waals surface area contributed by atoms with Crippen molar-refractivity contribution in [2.45, 2.75) is 71.3 Å². The summed E-state index contributed by atoms with van der Waals surface area (Å²) in [5.41, 5.74) is 3.75. The number of para-hydroxylation sites is 1. The lowest BCUT2D eigenvalue weighted by molar-refractivity contribution is 0.111. The standard InChI is InChI=1S/C29H39ClN2O/c1-3-5-7-11-19-32(20-12-8-6-4-2)22-29(33)26-21-28(23-15-17-24(30)18-16-23)31-27-14-10-9-13-25(26)27/h9-10,13-18,21,29,33H,3-8,11-12,19-20,22H2,1-2H3. The van der Waals surface area contributed by atoms with E-state index in [-0.39, 0.29) is 0 Å². The first-order valence-corrected chi connectivity index (χ1v) is 13.1. The molecule has 0 radical (unpaired) electrons. The Kier molecular flexibility index (Phi) is 10.7. The highest BCUT2D eigenvalue weighted by Crippen LogP contribution is 2.30. The van der Waals surface area contributed by atoms with E-state index in [4.69, 9.17) is 16.6 Å². The molecule has 3 rings (SSSR count). The first kappa shape index (κ1) is 25.7. The first-order chi connectivity index (χ1) is 16.1. The molecule has 0 aliphatic rings. The van der Waals surface area contributed by atoms with Gasteiger partial charge in [0, 0.05) is 22.5 Å². The third-order valence-corrected chi connectivity index (χ3v) is 6.59. The second kappa shape index (κ2) is 13.7. The normalized spacial score (nSPS) is 12.5. The minimum absolute atomic E-state index is 0.554. The Labute approximate surface area is 204 Å². The Morgan fingerprint density at radius 3 is 2.12 bits per heavy atom. The Balaban J connectivity index is 1.82. The SMILES string of the molecule is CCCCCCN(CCCCCC)CC(O)c1cc(-c2ccc(Cl)cc2)nc2ccccc12. The fourth-order valence-corrected chi connectivity index (χ4v) is 4.53. The summed E-state index contributed by atoms with van der Waals surface area (Å²) in [7, 11) is 0. The molecular formula is C29H39ClN2O. The molecule has 0 fully saturated rings. The van der Waals surface area contributed by atoms with E-state index in [9.17, 15) is 5.11 Å². The van der Waals surface area contributed by atoms with Gasteiger partial charge in [0.15, 0.2) is 0 Å². The molecule has 0 aliphatic heterocycles. The lowest BCUT2D eigenvalue weighted by Crippen LogP contribution is -2.31. The van der Waals surface area contributed by atoms with E-state index in [1.165, 1.54) is 51.4 Å². The van der Waals surface area contributed by atoms with Crippen molar-refractivity contribution in [3.05, 3.63) is 65.2 Å².